The summed E-state index contributed by atoms with van der Waals surface area (Å²) in [6.45, 7) is 1.76. The minimum absolute atomic E-state index is 0.0610. The number of sulfone groups is 1. The molecule has 1 rings (SSSR count). The Hall–Kier alpha value is -1.31. The quantitative estimate of drug-likeness (QED) is 0.771. The van der Waals surface area contributed by atoms with E-state index in [9.17, 15) is 13.2 Å². The third-order valence-electron chi connectivity index (χ3n) is 2.54. The predicted octanol–water partition coefficient (Wildman–Crippen LogP) is 1.86. The van der Waals surface area contributed by atoms with E-state index >= 15 is 0 Å². The maximum Gasteiger partial charge on any atom is 0.337 e. The predicted molar refractivity (Wildman–Crippen MR) is 73.5 cm³/mol. The van der Waals surface area contributed by atoms with Gasteiger partial charge in [0.2, 0.25) is 0 Å². The Labute approximate surface area is 122 Å². The molecule has 0 aliphatic rings. The van der Waals surface area contributed by atoms with Gasteiger partial charge in [-0.2, -0.15) is 0 Å². The molecule has 0 aromatic heterocycles. The number of aromatic carboxylic acids is 1. The standard InChI is InChI=1S/C12H15ClO6S/c1-3-20(16,17)9-5-4-8(12(14)15)10(13)11(9)19-7-6-18-2/h4-5H,3,6-7H2,1-2H3,(H,14,15). The van der Waals surface area contributed by atoms with E-state index in [-0.39, 0.29) is 40.2 Å². The first kappa shape index (κ1) is 16.7. The van der Waals surface area contributed by atoms with Gasteiger partial charge < -0.3 is 14.6 Å². The molecular weight excluding hydrogens is 308 g/mol. The summed E-state index contributed by atoms with van der Waals surface area (Å²) in [6, 6.07) is 2.34. The highest BCUT2D eigenvalue weighted by Crippen LogP contribution is 2.35. The Morgan fingerprint density at radius 2 is 2.00 bits per heavy atom. The average molecular weight is 323 g/mol. The third kappa shape index (κ3) is 3.62. The fraction of sp³-hybridized carbons (Fsp3) is 0.417. The fourth-order valence-corrected chi connectivity index (χ4v) is 2.85. The molecule has 0 fully saturated rings. The lowest BCUT2D eigenvalue weighted by Gasteiger charge is -2.14. The molecule has 0 bridgehead atoms. The van der Waals surface area contributed by atoms with Crippen LogP contribution in [-0.4, -0.2) is 45.6 Å². The summed E-state index contributed by atoms with van der Waals surface area (Å²) in [5, 5.41) is 8.77. The lowest BCUT2D eigenvalue weighted by Crippen LogP contribution is -2.12. The van der Waals surface area contributed by atoms with Crippen LogP contribution in [0.4, 0.5) is 0 Å². The molecule has 112 valence electrons. The summed E-state index contributed by atoms with van der Waals surface area (Å²) in [6.07, 6.45) is 0. The molecule has 0 saturated heterocycles. The molecule has 0 amide bonds. The van der Waals surface area contributed by atoms with Crippen molar-refractivity contribution in [3.63, 3.8) is 0 Å². The molecule has 20 heavy (non-hydrogen) atoms. The van der Waals surface area contributed by atoms with Crippen molar-refractivity contribution in [3.05, 3.63) is 22.7 Å². The van der Waals surface area contributed by atoms with Gasteiger partial charge in [-0.3, -0.25) is 0 Å². The van der Waals surface area contributed by atoms with Crippen LogP contribution in [0.5, 0.6) is 5.75 Å². The highest BCUT2D eigenvalue weighted by atomic mass is 35.5. The van der Waals surface area contributed by atoms with Gasteiger partial charge in [0.1, 0.15) is 11.5 Å². The average Bonchev–Trinajstić information content (AvgIpc) is 2.40. The first-order valence-corrected chi connectivity index (χ1v) is 7.78. The number of benzene rings is 1. The van der Waals surface area contributed by atoms with Gasteiger partial charge in [0.25, 0.3) is 0 Å². The SMILES string of the molecule is CCS(=O)(=O)c1ccc(C(=O)O)c(Cl)c1OCCOC. The van der Waals surface area contributed by atoms with Crippen LogP contribution >= 0.6 is 11.6 Å². The van der Waals surface area contributed by atoms with Crippen molar-refractivity contribution < 1.29 is 27.8 Å². The number of hydrogen-bond acceptors (Lipinski definition) is 5. The maximum absolute atomic E-state index is 12.0. The number of ether oxygens (including phenoxy) is 2. The van der Waals surface area contributed by atoms with Crippen LogP contribution in [0.1, 0.15) is 17.3 Å². The van der Waals surface area contributed by atoms with E-state index in [4.69, 9.17) is 26.2 Å². The van der Waals surface area contributed by atoms with Crippen LogP contribution in [0.2, 0.25) is 5.02 Å². The van der Waals surface area contributed by atoms with E-state index in [1.807, 2.05) is 0 Å². The Kier molecular flexibility index (Phi) is 5.79. The molecular formula is C12H15ClO6S. The smallest absolute Gasteiger partial charge is 0.337 e. The zero-order valence-electron chi connectivity index (χ0n) is 11.1. The van der Waals surface area contributed by atoms with Crippen molar-refractivity contribution in [1.82, 2.24) is 0 Å². The third-order valence-corrected chi connectivity index (χ3v) is 4.67. The topological polar surface area (TPSA) is 89.9 Å². The molecule has 1 aromatic carbocycles. The van der Waals surface area contributed by atoms with E-state index in [0.717, 1.165) is 6.07 Å². The second-order valence-electron chi connectivity index (χ2n) is 3.80. The summed E-state index contributed by atoms with van der Waals surface area (Å²) >= 11 is 5.94. The fourth-order valence-electron chi connectivity index (χ4n) is 1.47. The highest BCUT2D eigenvalue weighted by Gasteiger charge is 2.24. The molecule has 0 radical (unpaired) electrons. The Morgan fingerprint density at radius 3 is 2.50 bits per heavy atom. The summed E-state index contributed by atoms with van der Waals surface area (Å²) < 4.78 is 34.0. The normalized spacial score (nSPS) is 11.3. The van der Waals surface area contributed by atoms with Crippen molar-refractivity contribution in [1.29, 1.82) is 0 Å². The van der Waals surface area contributed by atoms with Crippen LogP contribution in [-0.2, 0) is 14.6 Å². The van der Waals surface area contributed by atoms with Crippen LogP contribution in [0.25, 0.3) is 0 Å². The molecule has 0 atom stereocenters. The molecule has 0 unspecified atom stereocenters. The lowest BCUT2D eigenvalue weighted by molar-refractivity contribution is 0.0696. The minimum Gasteiger partial charge on any atom is -0.488 e. The monoisotopic (exact) mass is 322 g/mol. The highest BCUT2D eigenvalue weighted by molar-refractivity contribution is 7.91. The van der Waals surface area contributed by atoms with E-state index in [2.05, 4.69) is 0 Å². The van der Waals surface area contributed by atoms with Crippen molar-refractivity contribution >= 4 is 27.4 Å². The van der Waals surface area contributed by atoms with Gasteiger partial charge in [0.05, 0.1) is 22.9 Å². The molecule has 1 aromatic rings. The number of hydrogen-bond donors (Lipinski definition) is 1. The van der Waals surface area contributed by atoms with Crippen molar-refractivity contribution in [3.8, 4) is 5.75 Å². The van der Waals surface area contributed by atoms with Gasteiger partial charge in [-0.05, 0) is 12.1 Å². The lowest BCUT2D eigenvalue weighted by atomic mass is 10.2. The van der Waals surface area contributed by atoms with Gasteiger partial charge in [-0.25, -0.2) is 13.2 Å². The second kappa shape index (κ2) is 6.92. The van der Waals surface area contributed by atoms with Crippen LogP contribution in [0.3, 0.4) is 0 Å². The number of carboxylic acid groups (broad SMARTS) is 1. The van der Waals surface area contributed by atoms with E-state index in [0.29, 0.717) is 0 Å². The molecule has 6 nitrogen and oxygen atoms in total. The van der Waals surface area contributed by atoms with Gasteiger partial charge in [-0.15, -0.1) is 0 Å². The molecule has 8 heteroatoms. The van der Waals surface area contributed by atoms with Crippen molar-refractivity contribution in [2.75, 3.05) is 26.1 Å². The van der Waals surface area contributed by atoms with Gasteiger partial charge in [0, 0.05) is 7.11 Å². The zero-order valence-corrected chi connectivity index (χ0v) is 12.6. The largest absolute Gasteiger partial charge is 0.488 e. The summed E-state index contributed by atoms with van der Waals surface area (Å²) in [5.41, 5.74) is -0.214. The number of methoxy groups -OCH3 is 1. The van der Waals surface area contributed by atoms with Crippen molar-refractivity contribution in [2.24, 2.45) is 0 Å². The summed E-state index contributed by atoms with van der Waals surface area (Å²) in [4.78, 5) is 10.9. The van der Waals surface area contributed by atoms with Crippen molar-refractivity contribution in [2.45, 2.75) is 11.8 Å². The van der Waals surface area contributed by atoms with E-state index in [1.165, 1.54) is 20.1 Å². The van der Waals surface area contributed by atoms with Crippen LogP contribution in [0, 0.1) is 0 Å². The van der Waals surface area contributed by atoms with E-state index in [1.54, 1.807) is 0 Å². The molecule has 0 saturated carbocycles. The number of carboxylic acids is 1. The Morgan fingerprint density at radius 1 is 1.35 bits per heavy atom. The van der Waals surface area contributed by atoms with Crippen LogP contribution in [0.15, 0.2) is 17.0 Å². The number of rotatable bonds is 7. The summed E-state index contributed by atoms with van der Waals surface area (Å²) in [5.74, 6) is -1.55. The minimum atomic E-state index is -3.57. The molecule has 0 aliphatic heterocycles. The van der Waals surface area contributed by atoms with E-state index < -0.39 is 15.8 Å². The molecule has 0 spiro atoms. The second-order valence-corrected chi connectivity index (χ2v) is 6.43. The van der Waals surface area contributed by atoms with Crippen LogP contribution < -0.4 is 4.74 Å². The maximum atomic E-state index is 12.0. The zero-order chi connectivity index (χ0) is 15.3. The Balaban J connectivity index is 3.37. The Bertz CT molecular complexity index is 596. The van der Waals surface area contributed by atoms with Gasteiger partial charge in [0.15, 0.2) is 15.6 Å². The summed E-state index contributed by atoms with van der Waals surface area (Å²) in [7, 11) is -2.11. The first-order chi connectivity index (χ1) is 9.35. The first-order valence-electron chi connectivity index (χ1n) is 5.75. The molecule has 0 aliphatic carbocycles. The number of halogens is 1. The molecule has 0 heterocycles. The van der Waals surface area contributed by atoms with Gasteiger partial charge >= 0.3 is 5.97 Å². The number of carbonyl (C=O) groups is 1. The van der Waals surface area contributed by atoms with Gasteiger partial charge in [-0.1, -0.05) is 18.5 Å². The molecule has 1 N–H and O–H groups in total.